The summed E-state index contributed by atoms with van der Waals surface area (Å²) in [6.07, 6.45) is 9.55. The summed E-state index contributed by atoms with van der Waals surface area (Å²) in [5.74, 6) is 2.76. The van der Waals surface area contributed by atoms with E-state index in [9.17, 15) is 4.79 Å². The second-order valence-corrected chi connectivity index (χ2v) is 9.00. The van der Waals surface area contributed by atoms with Gasteiger partial charge in [-0.1, -0.05) is 12.1 Å². The molecule has 1 amide bonds. The number of methoxy groups -OCH3 is 1. The third-order valence-electron chi connectivity index (χ3n) is 7.16. The van der Waals surface area contributed by atoms with E-state index in [2.05, 4.69) is 29.6 Å². The molecule has 3 nitrogen and oxygen atoms in total. The molecule has 1 aromatic rings. The molecule has 0 heterocycles. The van der Waals surface area contributed by atoms with E-state index < -0.39 is 0 Å². The Hall–Kier alpha value is -1.51. The highest BCUT2D eigenvalue weighted by atomic mass is 16.5. The third kappa shape index (κ3) is 2.20. The smallest absolute Gasteiger partial charge is 0.226 e. The van der Waals surface area contributed by atoms with E-state index in [1.165, 1.54) is 37.7 Å². The van der Waals surface area contributed by atoms with E-state index in [1.807, 2.05) is 0 Å². The van der Waals surface area contributed by atoms with Crippen molar-refractivity contribution in [1.29, 1.82) is 0 Å². The van der Waals surface area contributed by atoms with Gasteiger partial charge in [0.1, 0.15) is 5.75 Å². The van der Waals surface area contributed by atoms with Gasteiger partial charge >= 0.3 is 0 Å². The van der Waals surface area contributed by atoms with Gasteiger partial charge in [-0.05, 0) is 86.3 Å². The summed E-state index contributed by atoms with van der Waals surface area (Å²) >= 11 is 0. The van der Waals surface area contributed by atoms with Gasteiger partial charge in [-0.3, -0.25) is 4.79 Å². The van der Waals surface area contributed by atoms with Crippen LogP contribution in [0.15, 0.2) is 24.3 Å². The number of benzene rings is 1. The van der Waals surface area contributed by atoms with Crippen LogP contribution in [0.1, 0.15) is 56.9 Å². The van der Waals surface area contributed by atoms with Crippen molar-refractivity contribution < 1.29 is 9.53 Å². The highest BCUT2D eigenvalue weighted by Gasteiger charge is 2.61. The van der Waals surface area contributed by atoms with Crippen molar-refractivity contribution in [2.75, 3.05) is 7.11 Å². The van der Waals surface area contributed by atoms with Crippen LogP contribution in [0.3, 0.4) is 0 Å². The van der Waals surface area contributed by atoms with Gasteiger partial charge < -0.3 is 10.1 Å². The molecule has 0 saturated heterocycles. The molecule has 0 spiro atoms. The molecule has 5 aliphatic rings. The number of carbonyl (C=O) groups excluding carboxylic acids is 1. The van der Waals surface area contributed by atoms with Crippen LogP contribution in [-0.4, -0.2) is 19.1 Å². The summed E-state index contributed by atoms with van der Waals surface area (Å²) in [4.78, 5) is 13.1. The molecule has 24 heavy (non-hydrogen) atoms. The Morgan fingerprint density at radius 3 is 2.33 bits per heavy atom. The van der Waals surface area contributed by atoms with E-state index in [1.54, 1.807) is 7.11 Å². The van der Waals surface area contributed by atoms with Gasteiger partial charge in [-0.25, -0.2) is 0 Å². The van der Waals surface area contributed by atoms with E-state index in [0.717, 1.165) is 36.8 Å². The largest absolute Gasteiger partial charge is 0.497 e. The van der Waals surface area contributed by atoms with E-state index >= 15 is 0 Å². The molecule has 2 atom stereocenters. The molecule has 4 bridgehead atoms. The predicted octanol–water partition coefficient (Wildman–Crippen LogP) is 3.81. The van der Waals surface area contributed by atoms with Crippen molar-refractivity contribution in [3.8, 4) is 5.75 Å². The van der Waals surface area contributed by atoms with Crippen molar-refractivity contribution in [1.82, 2.24) is 5.32 Å². The molecule has 0 unspecified atom stereocenters. The molecule has 6 rings (SSSR count). The zero-order chi connectivity index (χ0) is 16.4. The Morgan fingerprint density at radius 1 is 1.08 bits per heavy atom. The lowest BCUT2D eigenvalue weighted by Gasteiger charge is -2.61. The van der Waals surface area contributed by atoms with Gasteiger partial charge in [0, 0.05) is 6.04 Å². The maximum Gasteiger partial charge on any atom is 0.226 e. The van der Waals surface area contributed by atoms with Crippen molar-refractivity contribution in [2.45, 2.75) is 62.8 Å². The molecule has 5 fully saturated rings. The zero-order valence-corrected chi connectivity index (χ0v) is 14.5. The number of carbonyl (C=O) groups is 1. The lowest BCUT2D eigenvalue weighted by molar-refractivity contribution is -0.149. The first-order valence-electron chi connectivity index (χ1n) is 9.56. The number of ether oxygens (including phenoxy) is 1. The van der Waals surface area contributed by atoms with Crippen molar-refractivity contribution in [3.05, 3.63) is 29.8 Å². The maximum atomic E-state index is 13.1. The van der Waals surface area contributed by atoms with Crippen molar-refractivity contribution >= 4 is 5.91 Å². The fourth-order valence-electron chi connectivity index (χ4n) is 6.38. The fourth-order valence-corrected chi connectivity index (χ4v) is 6.38. The van der Waals surface area contributed by atoms with Crippen LogP contribution >= 0.6 is 0 Å². The standard InChI is InChI=1S/C21H27NO2/c1-24-18-6-2-16(3-7-18)20-9-14-8-15(10-20)12-21(11-14,13-20)19(23)22-17-4-5-17/h2-3,6-7,14-15,17H,4-5,8-13H2,1H3,(H,22,23)/t14-,15-,20?,21?/m1/s1. The molecule has 5 aliphatic carbocycles. The molecular formula is C21H27NO2. The second kappa shape index (κ2) is 5.00. The molecular weight excluding hydrogens is 298 g/mol. The average molecular weight is 325 g/mol. The number of hydrogen-bond acceptors (Lipinski definition) is 2. The quantitative estimate of drug-likeness (QED) is 0.914. The first kappa shape index (κ1) is 14.8. The molecule has 3 heteroatoms. The minimum atomic E-state index is -0.0907. The lowest BCUT2D eigenvalue weighted by atomic mass is 9.42. The average Bonchev–Trinajstić information content (AvgIpc) is 3.38. The van der Waals surface area contributed by atoms with Gasteiger partial charge in [0.15, 0.2) is 0 Å². The first-order chi connectivity index (χ1) is 11.6. The Labute approximate surface area is 144 Å². The second-order valence-electron chi connectivity index (χ2n) is 9.00. The molecule has 128 valence electrons. The summed E-state index contributed by atoms with van der Waals surface area (Å²) in [7, 11) is 1.72. The summed E-state index contributed by atoms with van der Waals surface area (Å²) in [5, 5.41) is 3.34. The predicted molar refractivity (Wildman–Crippen MR) is 93.0 cm³/mol. The highest BCUT2D eigenvalue weighted by molar-refractivity contribution is 5.84. The topological polar surface area (TPSA) is 38.3 Å². The van der Waals surface area contributed by atoms with E-state index in [0.29, 0.717) is 11.9 Å². The van der Waals surface area contributed by atoms with Crippen LogP contribution in [0, 0.1) is 17.3 Å². The van der Waals surface area contributed by atoms with E-state index in [-0.39, 0.29) is 10.8 Å². The molecule has 1 N–H and O–H groups in total. The van der Waals surface area contributed by atoms with Gasteiger partial charge in [0.2, 0.25) is 5.91 Å². The van der Waals surface area contributed by atoms with Crippen molar-refractivity contribution in [3.63, 3.8) is 0 Å². The number of hydrogen-bond donors (Lipinski definition) is 1. The summed E-state index contributed by atoms with van der Waals surface area (Å²) in [6.45, 7) is 0. The monoisotopic (exact) mass is 325 g/mol. The molecule has 0 radical (unpaired) electrons. The summed E-state index contributed by atoms with van der Waals surface area (Å²) in [6, 6.07) is 9.15. The van der Waals surface area contributed by atoms with Gasteiger partial charge in [0.05, 0.1) is 12.5 Å². The maximum absolute atomic E-state index is 13.1. The summed E-state index contributed by atoms with van der Waals surface area (Å²) in [5.41, 5.74) is 1.56. The highest BCUT2D eigenvalue weighted by Crippen LogP contribution is 2.65. The Balaban J connectivity index is 1.49. The van der Waals surface area contributed by atoms with Crippen molar-refractivity contribution in [2.24, 2.45) is 17.3 Å². The van der Waals surface area contributed by atoms with Gasteiger partial charge in [-0.15, -0.1) is 0 Å². The molecule has 0 aliphatic heterocycles. The van der Waals surface area contributed by atoms with E-state index in [4.69, 9.17) is 4.74 Å². The number of rotatable bonds is 4. The lowest BCUT2D eigenvalue weighted by Crippen LogP contribution is -2.59. The van der Waals surface area contributed by atoms with Crippen LogP contribution in [0.25, 0.3) is 0 Å². The third-order valence-corrected chi connectivity index (χ3v) is 7.16. The van der Waals surface area contributed by atoms with Crippen LogP contribution in [0.4, 0.5) is 0 Å². The molecule has 0 aromatic heterocycles. The Bertz CT molecular complexity index is 647. The summed E-state index contributed by atoms with van der Waals surface area (Å²) < 4.78 is 5.33. The fraction of sp³-hybridized carbons (Fsp3) is 0.667. The minimum Gasteiger partial charge on any atom is -0.497 e. The normalized spacial score (nSPS) is 39.7. The van der Waals surface area contributed by atoms with Crippen LogP contribution < -0.4 is 10.1 Å². The van der Waals surface area contributed by atoms with Gasteiger partial charge in [-0.2, -0.15) is 0 Å². The Morgan fingerprint density at radius 2 is 1.75 bits per heavy atom. The zero-order valence-electron chi connectivity index (χ0n) is 14.5. The van der Waals surface area contributed by atoms with Crippen LogP contribution in [0.2, 0.25) is 0 Å². The first-order valence-corrected chi connectivity index (χ1v) is 9.56. The number of nitrogens with one attached hydrogen (secondary N) is 1. The molecule has 5 saturated carbocycles. The SMILES string of the molecule is COc1ccc(C23C[C@H]4C[C@@H](CC(C(=O)NC5CC5)(C4)C2)C3)cc1. The molecule has 1 aromatic carbocycles. The van der Waals surface area contributed by atoms with Gasteiger partial charge in [0.25, 0.3) is 0 Å². The van der Waals surface area contributed by atoms with Crippen LogP contribution in [0.5, 0.6) is 5.75 Å². The number of amides is 1. The van der Waals surface area contributed by atoms with Crippen LogP contribution in [-0.2, 0) is 10.2 Å². The minimum absolute atomic E-state index is 0.0907. The Kier molecular flexibility index (Phi) is 3.08.